The lowest BCUT2D eigenvalue weighted by molar-refractivity contribution is -0.138. The molecule has 1 aromatic rings. The van der Waals surface area contributed by atoms with Gasteiger partial charge in [-0.15, -0.1) is 0 Å². The summed E-state index contributed by atoms with van der Waals surface area (Å²) < 4.78 is 23.7. The Bertz CT molecular complexity index is 568. The maximum Gasteiger partial charge on any atom is 0.524 e. The van der Waals surface area contributed by atoms with Crippen LogP contribution in [-0.2, 0) is 20.3 Å². The second kappa shape index (κ2) is 8.37. The molecule has 1 rings (SSSR count). The summed E-state index contributed by atoms with van der Waals surface area (Å²) in [7, 11) is -9.20. The highest BCUT2D eigenvalue weighted by molar-refractivity contribution is 7.46. The highest BCUT2D eigenvalue weighted by Crippen LogP contribution is 2.37. The number of phosphoric ester groups is 1. The molecule has 0 unspecified atom stereocenters. The van der Waals surface area contributed by atoms with Gasteiger partial charge in [-0.2, -0.15) is 0 Å². The van der Waals surface area contributed by atoms with Crippen LogP contribution in [0.1, 0.15) is 5.56 Å². The van der Waals surface area contributed by atoms with Gasteiger partial charge in [0, 0.05) is 0 Å². The Morgan fingerprint density at radius 3 is 1.82 bits per heavy atom. The maximum atomic E-state index is 10.5. The first-order chi connectivity index (χ1) is 9.78. The number of aliphatic carboxylic acids is 1. The Balaban J connectivity index is 0.000000763. The van der Waals surface area contributed by atoms with Crippen molar-refractivity contribution >= 4 is 21.6 Å². The molecule has 0 aliphatic heterocycles. The third kappa shape index (κ3) is 12.5. The molecule has 0 aromatic heterocycles. The second-order valence-corrected chi connectivity index (χ2v) is 6.08. The van der Waals surface area contributed by atoms with Crippen molar-refractivity contribution in [1.29, 1.82) is 0 Å². The summed E-state index contributed by atoms with van der Waals surface area (Å²) in [5.41, 5.74) is 5.97. The molecule has 0 bridgehead atoms. The van der Waals surface area contributed by atoms with Crippen LogP contribution in [0.2, 0.25) is 0 Å². The van der Waals surface area contributed by atoms with Crippen molar-refractivity contribution in [3.63, 3.8) is 0 Å². The zero-order chi connectivity index (χ0) is 17.6. The number of hydrogen-bond donors (Lipinski definition) is 7. The average Bonchev–Trinajstić information content (AvgIpc) is 2.27. The minimum absolute atomic E-state index is 0.00554. The van der Waals surface area contributed by atoms with Crippen LogP contribution in [-0.4, -0.2) is 41.6 Å². The van der Waals surface area contributed by atoms with Crippen LogP contribution in [0.5, 0.6) is 5.75 Å². The van der Waals surface area contributed by atoms with E-state index < -0.39 is 27.7 Å². The van der Waals surface area contributed by atoms with Crippen LogP contribution in [0, 0.1) is 0 Å². The van der Waals surface area contributed by atoms with Gasteiger partial charge in [0.1, 0.15) is 11.8 Å². The predicted octanol–water partition coefficient (Wildman–Crippen LogP) is -0.816. The molecule has 0 saturated carbocycles. The zero-order valence-electron chi connectivity index (χ0n) is 10.9. The first-order valence-electron chi connectivity index (χ1n) is 5.38. The van der Waals surface area contributed by atoms with Crippen LogP contribution >= 0.6 is 15.6 Å². The summed E-state index contributed by atoms with van der Waals surface area (Å²) in [4.78, 5) is 49.2. The average molecular weight is 359 g/mol. The van der Waals surface area contributed by atoms with E-state index in [0.29, 0.717) is 5.56 Å². The Kier molecular flexibility index (Phi) is 7.88. The van der Waals surface area contributed by atoms with E-state index in [9.17, 15) is 9.36 Å². The lowest BCUT2D eigenvalue weighted by atomic mass is 10.1. The first-order valence-corrected chi connectivity index (χ1v) is 8.48. The van der Waals surface area contributed by atoms with E-state index in [-0.39, 0.29) is 12.2 Å². The number of rotatable bonds is 5. The van der Waals surface area contributed by atoms with E-state index in [1.807, 2.05) is 0 Å². The predicted molar refractivity (Wildman–Crippen MR) is 72.7 cm³/mol. The zero-order valence-corrected chi connectivity index (χ0v) is 12.7. The number of carbonyl (C=O) groups is 1. The van der Waals surface area contributed by atoms with Crippen molar-refractivity contribution < 1.29 is 48.0 Å². The molecule has 22 heavy (non-hydrogen) atoms. The smallest absolute Gasteiger partial charge is 0.480 e. The van der Waals surface area contributed by atoms with Crippen molar-refractivity contribution in [3.8, 4) is 5.75 Å². The van der Waals surface area contributed by atoms with Gasteiger partial charge in [0.2, 0.25) is 0 Å². The van der Waals surface area contributed by atoms with Gasteiger partial charge in [-0.05, 0) is 24.1 Å². The molecule has 126 valence electrons. The standard InChI is InChI=1S/C9H12NO6P.H3O4P/c10-8(9(11)12)5-6-1-3-7(4-2-6)16-17(13,14)15;1-5(2,3)4/h1-4,8H,5,10H2,(H,11,12)(H2,13,14,15);(H3,1,2,3,4)/t8-;/m0./s1. The number of hydrogen-bond acceptors (Lipinski definition) is 5. The maximum absolute atomic E-state index is 10.5. The minimum atomic E-state index is -4.64. The Hall–Kier alpha value is -1.29. The number of phosphoric acid groups is 2. The quantitative estimate of drug-likeness (QED) is 0.323. The van der Waals surface area contributed by atoms with Crippen LogP contribution in [0.4, 0.5) is 0 Å². The van der Waals surface area contributed by atoms with Gasteiger partial charge in [-0.25, -0.2) is 9.13 Å². The van der Waals surface area contributed by atoms with E-state index >= 15 is 0 Å². The molecule has 11 nitrogen and oxygen atoms in total. The fraction of sp³-hybridized carbons (Fsp3) is 0.222. The van der Waals surface area contributed by atoms with E-state index in [1.54, 1.807) is 0 Å². The summed E-state index contributed by atoms with van der Waals surface area (Å²) >= 11 is 0. The Morgan fingerprint density at radius 1 is 1.09 bits per heavy atom. The van der Waals surface area contributed by atoms with E-state index in [1.165, 1.54) is 24.3 Å². The molecular weight excluding hydrogens is 344 g/mol. The van der Waals surface area contributed by atoms with Gasteiger partial charge in [0.15, 0.2) is 0 Å². The molecule has 0 saturated heterocycles. The SMILES string of the molecule is N[C@@H](Cc1ccc(OP(=O)(O)O)cc1)C(=O)O.O=P(O)(O)O. The number of nitrogens with two attached hydrogens (primary N) is 1. The van der Waals surface area contributed by atoms with Crippen LogP contribution in [0.3, 0.4) is 0 Å². The number of carboxylic acid groups (broad SMARTS) is 1. The third-order valence-corrected chi connectivity index (χ3v) is 2.37. The molecule has 0 aliphatic carbocycles. The minimum Gasteiger partial charge on any atom is -0.480 e. The highest BCUT2D eigenvalue weighted by Gasteiger charge is 2.16. The van der Waals surface area contributed by atoms with Crippen molar-refractivity contribution in [1.82, 2.24) is 0 Å². The van der Waals surface area contributed by atoms with Gasteiger partial charge >= 0.3 is 21.6 Å². The largest absolute Gasteiger partial charge is 0.524 e. The van der Waals surface area contributed by atoms with Crippen LogP contribution in [0.15, 0.2) is 24.3 Å². The highest BCUT2D eigenvalue weighted by atomic mass is 31.2. The van der Waals surface area contributed by atoms with Gasteiger partial charge in [-0.1, -0.05) is 12.1 Å². The lowest BCUT2D eigenvalue weighted by Crippen LogP contribution is -2.32. The summed E-state index contributed by atoms with van der Waals surface area (Å²) in [6, 6.07) is 4.65. The molecule has 0 heterocycles. The van der Waals surface area contributed by atoms with Gasteiger partial charge in [-0.3, -0.25) is 14.6 Å². The molecule has 0 amide bonds. The van der Waals surface area contributed by atoms with Crippen molar-refractivity contribution in [2.75, 3.05) is 0 Å². The molecule has 1 aromatic carbocycles. The topological polar surface area (TPSA) is 208 Å². The molecule has 0 aliphatic rings. The molecule has 8 N–H and O–H groups in total. The molecule has 0 fully saturated rings. The number of carboxylic acids is 1. The monoisotopic (exact) mass is 359 g/mol. The van der Waals surface area contributed by atoms with Crippen molar-refractivity contribution in [2.45, 2.75) is 12.5 Å². The number of benzene rings is 1. The molecule has 1 atom stereocenters. The van der Waals surface area contributed by atoms with Gasteiger partial charge in [0.05, 0.1) is 0 Å². The van der Waals surface area contributed by atoms with Gasteiger partial charge < -0.3 is 30.0 Å². The summed E-state index contributed by atoms with van der Waals surface area (Å²) in [5.74, 6) is -1.11. The van der Waals surface area contributed by atoms with Crippen LogP contribution in [0.25, 0.3) is 0 Å². The lowest BCUT2D eigenvalue weighted by Gasteiger charge is -2.09. The normalized spacial score (nSPS) is 12.8. The first kappa shape index (κ1) is 20.7. The van der Waals surface area contributed by atoms with E-state index in [0.717, 1.165) is 0 Å². The Labute approximate surface area is 124 Å². The fourth-order valence-corrected chi connectivity index (χ4v) is 1.56. The van der Waals surface area contributed by atoms with E-state index in [4.69, 9.17) is 39.9 Å². The molecular formula is C9H15NO10P2. The van der Waals surface area contributed by atoms with Gasteiger partial charge in [0.25, 0.3) is 0 Å². The second-order valence-electron chi connectivity index (χ2n) is 3.89. The van der Waals surface area contributed by atoms with Crippen molar-refractivity contribution in [2.24, 2.45) is 5.73 Å². The van der Waals surface area contributed by atoms with Crippen molar-refractivity contribution in [3.05, 3.63) is 29.8 Å². The summed E-state index contributed by atoms with van der Waals surface area (Å²) in [6.45, 7) is 0. The summed E-state index contributed by atoms with van der Waals surface area (Å²) in [6.07, 6.45) is 0.130. The summed E-state index contributed by atoms with van der Waals surface area (Å²) in [5, 5.41) is 8.60. The Morgan fingerprint density at radius 2 is 1.50 bits per heavy atom. The van der Waals surface area contributed by atoms with E-state index in [2.05, 4.69) is 4.52 Å². The molecule has 0 spiro atoms. The third-order valence-electron chi connectivity index (χ3n) is 1.92. The molecule has 0 radical (unpaired) electrons. The van der Waals surface area contributed by atoms with Crippen LogP contribution < -0.4 is 10.3 Å². The molecule has 13 heteroatoms. The fourth-order valence-electron chi connectivity index (χ4n) is 1.16.